The maximum atomic E-state index is 13.1. The molecule has 1 amide bonds. The van der Waals surface area contributed by atoms with Crippen LogP contribution < -0.4 is 9.04 Å². The van der Waals surface area contributed by atoms with Gasteiger partial charge in [0.2, 0.25) is 0 Å². The Morgan fingerprint density at radius 3 is 2.25 bits per heavy atom. The van der Waals surface area contributed by atoms with Crippen molar-refractivity contribution in [2.24, 2.45) is 5.92 Å². The number of anilines is 1. The maximum absolute atomic E-state index is 13.1. The van der Waals surface area contributed by atoms with Gasteiger partial charge < -0.3 is 9.64 Å². The van der Waals surface area contributed by atoms with Gasteiger partial charge >= 0.3 is 6.18 Å². The molecule has 0 saturated heterocycles. The van der Waals surface area contributed by atoms with E-state index in [2.05, 4.69) is 0 Å². The van der Waals surface area contributed by atoms with E-state index in [1.165, 1.54) is 38.4 Å². The number of para-hydroxylation sites is 2. The van der Waals surface area contributed by atoms with Crippen molar-refractivity contribution in [1.82, 2.24) is 4.90 Å². The second-order valence-corrected chi connectivity index (χ2v) is 9.76. The Bertz CT molecular complexity index is 1070. The average Bonchev–Trinajstić information content (AvgIpc) is 3.61. The molecule has 0 N–H and O–H groups in total. The second-order valence-electron chi connectivity index (χ2n) is 7.80. The molecule has 0 aliphatic heterocycles. The Kier molecular flexibility index (Phi) is 6.73. The molecule has 0 spiro atoms. The van der Waals surface area contributed by atoms with Crippen LogP contribution in [0.5, 0.6) is 5.75 Å². The van der Waals surface area contributed by atoms with Crippen LogP contribution >= 0.6 is 0 Å². The summed E-state index contributed by atoms with van der Waals surface area (Å²) in [4.78, 5) is 13.6. The fraction of sp³-hybridized carbons (Fsp3) is 0.409. The predicted molar refractivity (Wildman–Crippen MR) is 114 cm³/mol. The molecule has 0 bridgehead atoms. The van der Waals surface area contributed by atoms with Gasteiger partial charge in [0, 0.05) is 18.7 Å². The molecule has 2 aromatic rings. The quantitative estimate of drug-likeness (QED) is 0.576. The third kappa shape index (κ3) is 5.17. The highest BCUT2D eigenvalue weighted by molar-refractivity contribution is 7.92. The molecule has 10 heteroatoms. The number of carbonyl (C=O) groups is 1. The van der Waals surface area contributed by atoms with Crippen molar-refractivity contribution in [3.05, 3.63) is 54.1 Å². The first-order valence-electron chi connectivity index (χ1n) is 10.1. The van der Waals surface area contributed by atoms with Gasteiger partial charge in [-0.1, -0.05) is 12.1 Å². The summed E-state index contributed by atoms with van der Waals surface area (Å²) >= 11 is 0. The molecule has 0 aromatic heterocycles. The molecule has 6 nitrogen and oxygen atoms in total. The summed E-state index contributed by atoms with van der Waals surface area (Å²) in [6, 6.07) is 11.0. The van der Waals surface area contributed by atoms with Crippen LogP contribution in [0.2, 0.25) is 0 Å². The van der Waals surface area contributed by atoms with Crippen molar-refractivity contribution >= 4 is 21.6 Å². The van der Waals surface area contributed by atoms with Crippen LogP contribution in [0, 0.1) is 5.92 Å². The molecule has 1 saturated carbocycles. The van der Waals surface area contributed by atoms with E-state index in [9.17, 15) is 26.4 Å². The molecule has 0 heterocycles. The van der Waals surface area contributed by atoms with E-state index in [-0.39, 0.29) is 16.4 Å². The Morgan fingerprint density at radius 2 is 1.72 bits per heavy atom. The average molecular weight is 471 g/mol. The SMILES string of the molecule is COc1ccccc1N(C)S(=O)(=O)c1ccc(C(=O)N(CC(F)(F)F)[C@H](C)C2CC2)cc1. The Hall–Kier alpha value is -2.75. The number of benzene rings is 2. The maximum Gasteiger partial charge on any atom is 0.406 e. The van der Waals surface area contributed by atoms with Gasteiger partial charge in [0.1, 0.15) is 12.3 Å². The molecule has 0 radical (unpaired) electrons. The number of carbonyl (C=O) groups excluding carboxylic acids is 1. The second kappa shape index (κ2) is 9.01. The molecule has 2 aromatic carbocycles. The lowest BCUT2D eigenvalue weighted by molar-refractivity contribution is -0.144. The molecule has 3 rings (SSSR count). The number of hydrogen-bond acceptors (Lipinski definition) is 4. The van der Waals surface area contributed by atoms with E-state index in [1.807, 2.05) is 0 Å². The molecule has 1 fully saturated rings. The number of hydrogen-bond donors (Lipinski definition) is 0. The van der Waals surface area contributed by atoms with Crippen LogP contribution in [0.1, 0.15) is 30.1 Å². The zero-order valence-electron chi connectivity index (χ0n) is 18.0. The molecule has 32 heavy (non-hydrogen) atoms. The number of ether oxygens (including phenoxy) is 1. The zero-order chi connectivity index (χ0) is 23.7. The smallest absolute Gasteiger partial charge is 0.406 e. The van der Waals surface area contributed by atoms with Gasteiger partial charge in [-0.3, -0.25) is 9.10 Å². The number of halogens is 3. The monoisotopic (exact) mass is 470 g/mol. The Labute approximate surface area is 185 Å². The molecule has 0 unspecified atom stereocenters. The predicted octanol–water partition coefficient (Wildman–Crippen LogP) is 4.32. The lowest BCUT2D eigenvalue weighted by Crippen LogP contribution is -2.45. The van der Waals surface area contributed by atoms with E-state index in [1.54, 1.807) is 31.2 Å². The van der Waals surface area contributed by atoms with Gasteiger partial charge in [0.25, 0.3) is 15.9 Å². The molecule has 1 aliphatic rings. The van der Waals surface area contributed by atoms with Gasteiger partial charge in [-0.05, 0) is 62.1 Å². The van der Waals surface area contributed by atoms with E-state index < -0.39 is 34.7 Å². The normalized spacial score (nSPS) is 15.2. The summed E-state index contributed by atoms with van der Waals surface area (Å²) in [5.74, 6) is -0.360. The minimum absolute atomic E-state index is 0.000597. The van der Waals surface area contributed by atoms with Crippen LogP contribution in [0.4, 0.5) is 18.9 Å². The zero-order valence-corrected chi connectivity index (χ0v) is 18.8. The molecule has 1 aliphatic carbocycles. The van der Waals surface area contributed by atoms with Gasteiger partial charge in [-0.25, -0.2) is 8.42 Å². The number of alkyl halides is 3. The van der Waals surface area contributed by atoms with Crippen LogP contribution in [-0.4, -0.2) is 52.1 Å². The van der Waals surface area contributed by atoms with Crippen molar-refractivity contribution in [2.75, 3.05) is 25.0 Å². The third-order valence-electron chi connectivity index (χ3n) is 5.59. The van der Waals surface area contributed by atoms with E-state index in [4.69, 9.17) is 4.74 Å². The number of rotatable bonds is 8. The van der Waals surface area contributed by atoms with Crippen LogP contribution in [0.3, 0.4) is 0 Å². The first kappa shape index (κ1) is 23.9. The van der Waals surface area contributed by atoms with Crippen molar-refractivity contribution in [1.29, 1.82) is 0 Å². The van der Waals surface area contributed by atoms with Crippen molar-refractivity contribution < 1.29 is 31.1 Å². The van der Waals surface area contributed by atoms with Crippen molar-refractivity contribution in [2.45, 2.75) is 36.9 Å². The fourth-order valence-electron chi connectivity index (χ4n) is 3.54. The summed E-state index contributed by atoms with van der Waals surface area (Å²) < 4.78 is 71.5. The minimum Gasteiger partial charge on any atom is -0.495 e. The van der Waals surface area contributed by atoms with E-state index in [0.29, 0.717) is 11.4 Å². The fourth-order valence-corrected chi connectivity index (χ4v) is 4.75. The van der Waals surface area contributed by atoms with Gasteiger partial charge in [0.15, 0.2) is 0 Å². The number of nitrogens with zero attached hydrogens (tertiary/aromatic N) is 2. The van der Waals surface area contributed by atoms with Crippen LogP contribution in [0.25, 0.3) is 0 Å². The topological polar surface area (TPSA) is 66.9 Å². The summed E-state index contributed by atoms with van der Waals surface area (Å²) in [5, 5.41) is 0. The van der Waals surface area contributed by atoms with E-state index >= 15 is 0 Å². The van der Waals surface area contributed by atoms with Gasteiger partial charge in [-0.15, -0.1) is 0 Å². The first-order chi connectivity index (χ1) is 15.0. The van der Waals surface area contributed by atoms with Crippen molar-refractivity contribution in [3.8, 4) is 5.75 Å². The van der Waals surface area contributed by atoms with Gasteiger partial charge in [-0.2, -0.15) is 13.2 Å². The van der Waals surface area contributed by atoms with Crippen LogP contribution in [0.15, 0.2) is 53.4 Å². The molecular weight excluding hydrogens is 445 g/mol. The highest BCUT2D eigenvalue weighted by Crippen LogP contribution is 2.37. The number of sulfonamides is 1. The summed E-state index contributed by atoms with van der Waals surface area (Å²) in [6.45, 7) is 0.266. The lowest BCUT2D eigenvalue weighted by atomic mass is 10.1. The summed E-state index contributed by atoms with van der Waals surface area (Å²) in [5.41, 5.74) is 0.324. The lowest BCUT2D eigenvalue weighted by Gasteiger charge is -2.30. The van der Waals surface area contributed by atoms with E-state index in [0.717, 1.165) is 22.0 Å². The van der Waals surface area contributed by atoms with Crippen LogP contribution in [-0.2, 0) is 10.0 Å². The molecule has 174 valence electrons. The standard InChI is InChI=1S/C22H25F3N2O4S/c1-15(16-8-9-16)27(14-22(23,24)25)21(28)17-10-12-18(13-11-17)32(29,30)26(2)19-6-4-5-7-20(19)31-3/h4-7,10-13,15-16H,8-9,14H2,1-3H3/t15-/m1/s1. The van der Waals surface area contributed by atoms with Gasteiger partial charge in [0.05, 0.1) is 17.7 Å². The molecular formula is C22H25F3N2O4S. The summed E-state index contributed by atoms with van der Waals surface area (Å²) in [6.07, 6.45) is -2.95. The largest absolute Gasteiger partial charge is 0.495 e. The Morgan fingerprint density at radius 1 is 1.12 bits per heavy atom. The third-order valence-corrected chi connectivity index (χ3v) is 7.38. The Balaban J connectivity index is 1.86. The molecule has 1 atom stereocenters. The highest BCUT2D eigenvalue weighted by Gasteiger charge is 2.40. The number of methoxy groups -OCH3 is 1. The van der Waals surface area contributed by atoms with Crippen molar-refractivity contribution in [3.63, 3.8) is 0 Å². The number of amides is 1. The minimum atomic E-state index is -4.53. The highest BCUT2D eigenvalue weighted by atomic mass is 32.2. The first-order valence-corrected chi connectivity index (χ1v) is 11.5. The summed E-state index contributed by atoms with van der Waals surface area (Å²) in [7, 11) is -1.19.